The number of alkyl halides is 1. The average Bonchev–Trinajstić information content (AvgIpc) is 2.76. The quantitative estimate of drug-likeness (QED) is 0.527. The first-order valence-corrected chi connectivity index (χ1v) is 9.99. The van der Waals surface area contributed by atoms with Gasteiger partial charge in [-0.2, -0.15) is 0 Å². The van der Waals surface area contributed by atoms with Gasteiger partial charge in [0, 0.05) is 12.7 Å². The first-order chi connectivity index (χ1) is 13.7. The highest BCUT2D eigenvalue weighted by molar-refractivity contribution is 9.09. The third kappa shape index (κ3) is 3.99. The van der Waals surface area contributed by atoms with E-state index < -0.39 is 24.7 Å². The van der Waals surface area contributed by atoms with E-state index in [1.165, 1.54) is 7.11 Å². The van der Waals surface area contributed by atoms with Crippen LogP contribution < -0.4 is 0 Å². The zero-order chi connectivity index (χ0) is 19.5. The Hall–Kier alpha value is -1.77. The minimum Gasteiger partial charge on any atom is -0.452 e. The Balaban J connectivity index is 1.50. The van der Waals surface area contributed by atoms with E-state index >= 15 is 0 Å². The summed E-state index contributed by atoms with van der Waals surface area (Å²) in [5.74, 6) is -0.439. The molecular formula is C21H21BrO6. The summed E-state index contributed by atoms with van der Waals surface area (Å²) < 4.78 is 29.1. The lowest BCUT2D eigenvalue weighted by Gasteiger charge is -2.46. The maximum Gasteiger partial charge on any atom is 0.338 e. The van der Waals surface area contributed by atoms with Crippen molar-refractivity contribution in [3.8, 4) is 0 Å². The minimum atomic E-state index is -0.723. The largest absolute Gasteiger partial charge is 0.452 e. The highest BCUT2D eigenvalue weighted by Crippen LogP contribution is 2.38. The molecule has 0 amide bonds. The molecule has 2 aromatic rings. The molecule has 2 aliphatic rings. The lowest BCUT2D eigenvalue weighted by atomic mass is 10.0. The molecule has 0 N–H and O–H groups in total. The molecule has 1 unspecified atom stereocenters. The fraction of sp³-hybridized carbons (Fsp3) is 0.381. The van der Waals surface area contributed by atoms with E-state index in [-0.39, 0.29) is 17.0 Å². The molecule has 2 heterocycles. The summed E-state index contributed by atoms with van der Waals surface area (Å²) in [7, 11) is 1.52. The van der Waals surface area contributed by atoms with Crippen LogP contribution in [0.5, 0.6) is 0 Å². The van der Waals surface area contributed by atoms with E-state index in [1.807, 2.05) is 36.4 Å². The number of esters is 1. The molecule has 148 valence electrons. The molecule has 0 saturated carbocycles. The Labute approximate surface area is 171 Å². The number of ether oxygens (including phenoxy) is 5. The lowest BCUT2D eigenvalue weighted by Crippen LogP contribution is -2.61. The zero-order valence-corrected chi connectivity index (χ0v) is 16.9. The molecule has 6 nitrogen and oxygen atoms in total. The van der Waals surface area contributed by atoms with Crippen LogP contribution in [0.25, 0.3) is 0 Å². The molecule has 2 saturated heterocycles. The van der Waals surface area contributed by atoms with Crippen LogP contribution in [0.1, 0.15) is 22.2 Å². The van der Waals surface area contributed by atoms with Crippen LogP contribution in [-0.2, 0) is 23.7 Å². The van der Waals surface area contributed by atoms with Crippen LogP contribution in [0.4, 0.5) is 0 Å². The number of halogens is 1. The number of hydrogen-bond acceptors (Lipinski definition) is 6. The SMILES string of the molecule is COC1O[C@@H]2CO[C@@H](c3ccccc3)O[C@H]2[C@H](Br)[C@@H]1OC(=O)c1ccccc1. The average molecular weight is 449 g/mol. The summed E-state index contributed by atoms with van der Waals surface area (Å²) in [5, 5.41) is 0. The van der Waals surface area contributed by atoms with Gasteiger partial charge in [0.15, 0.2) is 18.7 Å². The number of fused-ring (bicyclic) bond motifs is 1. The third-order valence-electron chi connectivity index (χ3n) is 4.82. The van der Waals surface area contributed by atoms with Crippen LogP contribution in [0.2, 0.25) is 0 Å². The van der Waals surface area contributed by atoms with Gasteiger partial charge < -0.3 is 23.7 Å². The third-order valence-corrected chi connectivity index (χ3v) is 5.86. The summed E-state index contributed by atoms with van der Waals surface area (Å²) in [5.41, 5.74) is 1.39. The molecule has 2 aliphatic heterocycles. The summed E-state index contributed by atoms with van der Waals surface area (Å²) in [4.78, 5) is 12.2. The highest BCUT2D eigenvalue weighted by atomic mass is 79.9. The molecule has 2 aromatic carbocycles. The van der Waals surface area contributed by atoms with E-state index in [0.717, 1.165) is 5.56 Å². The van der Waals surface area contributed by atoms with Gasteiger partial charge in [0.2, 0.25) is 0 Å². The molecule has 0 bridgehead atoms. The number of benzene rings is 2. The van der Waals surface area contributed by atoms with E-state index in [1.54, 1.807) is 24.3 Å². The maximum absolute atomic E-state index is 12.5. The summed E-state index contributed by atoms with van der Waals surface area (Å²) in [6.07, 6.45) is -2.59. The highest BCUT2D eigenvalue weighted by Gasteiger charge is 2.51. The molecule has 0 aromatic heterocycles. The van der Waals surface area contributed by atoms with Gasteiger partial charge in [-0.3, -0.25) is 0 Å². The fourth-order valence-corrected chi connectivity index (χ4v) is 4.21. The second kappa shape index (κ2) is 8.71. The zero-order valence-electron chi connectivity index (χ0n) is 15.3. The van der Waals surface area contributed by atoms with Crippen LogP contribution >= 0.6 is 15.9 Å². The van der Waals surface area contributed by atoms with Crippen molar-refractivity contribution in [3.05, 3.63) is 71.8 Å². The Kier molecular flexibility index (Phi) is 6.08. The van der Waals surface area contributed by atoms with Crippen LogP contribution in [-0.4, -0.2) is 49.1 Å². The summed E-state index contributed by atoms with van der Waals surface area (Å²) in [6.45, 7) is 0.353. The standard InChI is InChI=1S/C21H21BrO6/c1-24-21-18(27-19(23)13-8-4-2-5-9-13)16(22)17-15(26-21)12-25-20(28-17)14-10-6-3-7-11-14/h2-11,15-18,20-21H,12H2,1H3/t15-,16+,17-,18+,20-,21?/m1/s1. The molecule has 28 heavy (non-hydrogen) atoms. The number of rotatable bonds is 4. The second-order valence-electron chi connectivity index (χ2n) is 6.64. The first kappa shape index (κ1) is 19.5. The molecule has 6 atom stereocenters. The lowest BCUT2D eigenvalue weighted by molar-refractivity contribution is -0.329. The monoisotopic (exact) mass is 448 g/mol. The minimum absolute atomic E-state index is 0.320. The first-order valence-electron chi connectivity index (χ1n) is 9.07. The molecule has 0 radical (unpaired) electrons. The van der Waals surface area contributed by atoms with Gasteiger partial charge in [0.1, 0.15) is 12.2 Å². The number of carbonyl (C=O) groups is 1. The van der Waals surface area contributed by atoms with Gasteiger partial charge in [-0.15, -0.1) is 0 Å². The van der Waals surface area contributed by atoms with E-state index in [4.69, 9.17) is 23.7 Å². The van der Waals surface area contributed by atoms with Crippen LogP contribution in [0.3, 0.4) is 0 Å². The smallest absolute Gasteiger partial charge is 0.338 e. The van der Waals surface area contributed by atoms with Gasteiger partial charge in [0.25, 0.3) is 0 Å². The van der Waals surface area contributed by atoms with Gasteiger partial charge in [-0.25, -0.2) is 4.79 Å². The van der Waals surface area contributed by atoms with Crippen molar-refractivity contribution in [2.75, 3.05) is 13.7 Å². The Morgan fingerprint density at radius 1 is 1.04 bits per heavy atom. The van der Waals surface area contributed by atoms with Crippen molar-refractivity contribution in [1.29, 1.82) is 0 Å². The van der Waals surface area contributed by atoms with Crippen molar-refractivity contribution < 1.29 is 28.5 Å². The normalized spacial score (nSPS) is 32.4. The summed E-state index contributed by atoms with van der Waals surface area (Å²) in [6, 6.07) is 18.5. The molecule has 0 spiro atoms. The fourth-order valence-electron chi connectivity index (χ4n) is 3.39. The second-order valence-corrected chi connectivity index (χ2v) is 7.69. The molecule has 7 heteroatoms. The number of hydrogen-bond donors (Lipinski definition) is 0. The summed E-state index contributed by atoms with van der Waals surface area (Å²) >= 11 is 3.66. The van der Waals surface area contributed by atoms with E-state index in [0.29, 0.717) is 12.2 Å². The Morgan fingerprint density at radius 2 is 1.71 bits per heavy atom. The van der Waals surface area contributed by atoms with E-state index in [2.05, 4.69) is 15.9 Å². The van der Waals surface area contributed by atoms with Crippen LogP contribution in [0, 0.1) is 0 Å². The Morgan fingerprint density at radius 3 is 2.39 bits per heavy atom. The molecule has 4 rings (SSSR count). The van der Waals surface area contributed by atoms with Crippen molar-refractivity contribution in [2.24, 2.45) is 0 Å². The van der Waals surface area contributed by atoms with Gasteiger partial charge in [0.05, 0.1) is 17.0 Å². The Bertz CT molecular complexity index is 786. The molecule has 0 aliphatic carbocycles. The predicted octanol–water partition coefficient (Wildman–Crippen LogP) is 3.46. The van der Waals surface area contributed by atoms with E-state index in [9.17, 15) is 4.79 Å². The van der Waals surface area contributed by atoms with Crippen molar-refractivity contribution in [1.82, 2.24) is 0 Å². The molecular weight excluding hydrogens is 428 g/mol. The topological polar surface area (TPSA) is 63.2 Å². The number of methoxy groups -OCH3 is 1. The van der Waals surface area contributed by atoms with Crippen molar-refractivity contribution >= 4 is 21.9 Å². The maximum atomic E-state index is 12.5. The number of carbonyl (C=O) groups excluding carboxylic acids is 1. The molecule has 2 fully saturated rings. The predicted molar refractivity (Wildman–Crippen MR) is 104 cm³/mol. The van der Waals surface area contributed by atoms with Crippen LogP contribution in [0.15, 0.2) is 60.7 Å². The van der Waals surface area contributed by atoms with Gasteiger partial charge in [-0.1, -0.05) is 64.5 Å². The van der Waals surface area contributed by atoms with Crippen molar-refractivity contribution in [2.45, 2.75) is 35.7 Å². The van der Waals surface area contributed by atoms with Gasteiger partial charge in [-0.05, 0) is 12.1 Å². The van der Waals surface area contributed by atoms with Gasteiger partial charge >= 0.3 is 5.97 Å². The van der Waals surface area contributed by atoms with Crippen molar-refractivity contribution in [3.63, 3.8) is 0 Å².